The number of hydrogen-bond donors (Lipinski definition) is 1. The van der Waals surface area contributed by atoms with Gasteiger partial charge in [0.1, 0.15) is 22.9 Å². The first-order chi connectivity index (χ1) is 13.9. The first kappa shape index (κ1) is 19.0. The van der Waals surface area contributed by atoms with Gasteiger partial charge in [-0.3, -0.25) is 4.79 Å². The highest BCUT2D eigenvalue weighted by Gasteiger charge is 2.36. The van der Waals surface area contributed by atoms with Gasteiger partial charge in [0.15, 0.2) is 6.10 Å². The Morgan fingerprint density at radius 3 is 2.83 bits per heavy atom. The maximum absolute atomic E-state index is 12.2. The molecular formula is C22H22N2O5. The highest BCUT2D eigenvalue weighted by molar-refractivity contribution is 5.84. The zero-order valence-electron chi connectivity index (χ0n) is 16.5. The Balaban J connectivity index is 1.36. The number of nitrogens with one attached hydrogen (secondary N) is 1. The molecule has 4 rings (SSSR count). The summed E-state index contributed by atoms with van der Waals surface area (Å²) < 4.78 is 16.6. The van der Waals surface area contributed by atoms with Crippen LogP contribution < -0.4 is 15.8 Å². The zero-order valence-corrected chi connectivity index (χ0v) is 16.5. The molecular weight excluding hydrogens is 372 g/mol. The van der Waals surface area contributed by atoms with Gasteiger partial charge >= 0.3 is 5.63 Å². The molecule has 1 saturated carbocycles. The number of nitrogens with zero attached hydrogens (tertiary/aromatic N) is 1. The van der Waals surface area contributed by atoms with Crippen molar-refractivity contribution < 1.29 is 18.4 Å². The van der Waals surface area contributed by atoms with Gasteiger partial charge in [0.05, 0.1) is 6.21 Å². The summed E-state index contributed by atoms with van der Waals surface area (Å²) in [7, 11) is 0. The number of aryl methyl sites for hydroxylation is 1. The third-order valence-corrected chi connectivity index (χ3v) is 5.09. The Morgan fingerprint density at radius 2 is 2.07 bits per heavy atom. The van der Waals surface area contributed by atoms with E-state index in [1.807, 2.05) is 19.1 Å². The van der Waals surface area contributed by atoms with Crippen LogP contribution in [0.5, 0.6) is 5.75 Å². The number of hydrazone groups is 1. The predicted molar refractivity (Wildman–Crippen MR) is 108 cm³/mol. The first-order valence-corrected chi connectivity index (χ1v) is 9.54. The molecule has 0 aliphatic heterocycles. The zero-order chi connectivity index (χ0) is 20.5. The van der Waals surface area contributed by atoms with E-state index in [-0.39, 0.29) is 0 Å². The second kappa shape index (κ2) is 7.58. The van der Waals surface area contributed by atoms with Gasteiger partial charge < -0.3 is 13.6 Å². The second-order valence-electron chi connectivity index (χ2n) is 7.46. The van der Waals surface area contributed by atoms with Crippen LogP contribution in [0, 0.1) is 12.8 Å². The molecule has 1 aliphatic carbocycles. The fourth-order valence-corrected chi connectivity index (χ4v) is 3.24. The summed E-state index contributed by atoms with van der Waals surface area (Å²) in [5, 5.41) is 4.75. The topological polar surface area (TPSA) is 94.0 Å². The first-order valence-electron chi connectivity index (χ1n) is 9.54. The lowest BCUT2D eigenvalue weighted by molar-refractivity contribution is -0.127. The molecule has 3 atom stereocenters. The van der Waals surface area contributed by atoms with E-state index in [9.17, 15) is 9.59 Å². The van der Waals surface area contributed by atoms with Crippen LogP contribution in [0.25, 0.3) is 11.0 Å². The van der Waals surface area contributed by atoms with Crippen molar-refractivity contribution >= 4 is 23.1 Å². The molecule has 7 heteroatoms. The number of furan rings is 1. The summed E-state index contributed by atoms with van der Waals surface area (Å²) in [5.41, 5.74) is 3.25. The van der Waals surface area contributed by atoms with Crippen molar-refractivity contribution in [2.75, 3.05) is 0 Å². The molecule has 2 heterocycles. The van der Waals surface area contributed by atoms with Gasteiger partial charge in [-0.25, -0.2) is 10.2 Å². The summed E-state index contributed by atoms with van der Waals surface area (Å²) in [4.78, 5) is 23.8. The minimum Gasteiger partial charge on any atom is -0.481 e. The minimum absolute atomic E-state index is 0.408. The highest BCUT2D eigenvalue weighted by atomic mass is 16.5. The fraction of sp³-hybridized carbons (Fsp3) is 0.318. The number of rotatable bonds is 6. The van der Waals surface area contributed by atoms with E-state index in [0.29, 0.717) is 28.9 Å². The molecule has 3 aromatic rings. The minimum atomic E-state index is -0.791. The Bertz CT molecular complexity index is 1140. The predicted octanol–water partition coefficient (Wildman–Crippen LogP) is 3.74. The molecule has 1 N–H and O–H groups in total. The molecule has 2 aromatic heterocycles. The molecule has 0 saturated heterocycles. The van der Waals surface area contributed by atoms with Crippen LogP contribution in [0.1, 0.15) is 43.3 Å². The van der Waals surface area contributed by atoms with Gasteiger partial charge in [0, 0.05) is 23.4 Å². The van der Waals surface area contributed by atoms with Gasteiger partial charge in [0.2, 0.25) is 0 Å². The average molecular weight is 394 g/mol. The monoisotopic (exact) mass is 394 g/mol. The van der Waals surface area contributed by atoms with Crippen LogP contribution in [0.15, 0.2) is 55.1 Å². The number of fused-ring (bicyclic) bond motifs is 1. The molecule has 29 heavy (non-hydrogen) atoms. The molecule has 1 aliphatic rings. The molecule has 0 spiro atoms. The maximum Gasteiger partial charge on any atom is 0.336 e. The largest absolute Gasteiger partial charge is 0.481 e. The van der Waals surface area contributed by atoms with Gasteiger partial charge in [-0.05, 0) is 56.0 Å². The van der Waals surface area contributed by atoms with E-state index in [1.54, 1.807) is 25.1 Å². The lowest BCUT2D eigenvalue weighted by Gasteiger charge is -2.13. The molecule has 0 unspecified atom stereocenters. The molecule has 150 valence electrons. The van der Waals surface area contributed by atoms with Crippen molar-refractivity contribution in [1.82, 2.24) is 5.43 Å². The summed E-state index contributed by atoms with van der Waals surface area (Å²) in [6.45, 7) is 5.63. The number of carbonyl (C=O) groups is 1. The lowest BCUT2D eigenvalue weighted by atomic mass is 10.1. The normalized spacial score (nSPS) is 19.4. The van der Waals surface area contributed by atoms with Crippen LogP contribution in [-0.4, -0.2) is 18.2 Å². The van der Waals surface area contributed by atoms with E-state index in [0.717, 1.165) is 23.1 Å². The number of benzene rings is 1. The van der Waals surface area contributed by atoms with Crippen molar-refractivity contribution in [2.24, 2.45) is 11.0 Å². The van der Waals surface area contributed by atoms with Gasteiger partial charge in [-0.2, -0.15) is 5.10 Å². The van der Waals surface area contributed by atoms with E-state index in [4.69, 9.17) is 13.6 Å². The van der Waals surface area contributed by atoms with E-state index in [1.165, 1.54) is 12.3 Å². The third kappa shape index (κ3) is 4.23. The number of ether oxygens (including phenoxy) is 1. The van der Waals surface area contributed by atoms with Crippen LogP contribution in [0.4, 0.5) is 0 Å². The lowest BCUT2D eigenvalue weighted by Crippen LogP contribution is -2.33. The summed E-state index contributed by atoms with van der Waals surface area (Å²) in [6, 6.07) is 10.3. The third-order valence-electron chi connectivity index (χ3n) is 5.09. The van der Waals surface area contributed by atoms with Crippen molar-refractivity contribution in [3.8, 4) is 5.75 Å². The Labute approximate surface area is 167 Å². The Morgan fingerprint density at radius 1 is 1.28 bits per heavy atom. The second-order valence-corrected chi connectivity index (χ2v) is 7.46. The van der Waals surface area contributed by atoms with Crippen LogP contribution in [0.3, 0.4) is 0 Å². The highest BCUT2D eigenvalue weighted by Crippen LogP contribution is 2.47. The Hall–Kier alpha value is -3.35. The summed E-state index contributed by atoms with van der Waals surface area (Å²) in [5.74, 6) is 2.72. The van der Waals surface area contributed by atoms with Gasteiger partial charge in [-0.15, -0.1) is 0 Å². The quantitative estimate of drug-likeness (QED) is 0.390. The summed E-state index contributed by atoms with van der Waals surface area (Å²) >= 11 is 0. The molecule has 1 fully saturated rings. The molecule has 1 aromatic carbocycles. The number of amides is 1. The number of hydrogen-bond acceptors (Lipinski definition) is 6. The van der Waals surface area contributed by atoms with Crippen molar-refractivity contribution in [3.63, 3.8) is 0 Å². The molecule has 1 amide bonds. The fourth-order valence-electron chi connectivity index (χ4n) is 3.24. The van der Waals surface area contributed by atoms with Gasteiger partial charge in [-0.1, -0.05) is 6.92 Å². The molecule has 0 radical (unpaired) electrons. The molecule has 7 nitrogen and oxygen atoms in total. The van der Waals surface area contributed by atoms with E-state index in [2.05, 4.69) is 17.5 Å². The van der Waals surface area contributed by atoms with Gasteiger partial charge in [0.25, 0.3) is 5.91 Å². The average Bonchev–Trinajstić information content (AvgIpc) is 3.21. The number of carbonyl (C=O) groups excluding carboxylic acids is 1. The summed E-state index contributed by atoms with van der Waals surface area (Å²) in [6.07, 6.45) is 1.82. The van der Waals surface area contributed by atoms with Crippen LogP contribution in [0.2, 0.25) is 0 Å². The van der Waals surface area contributed by atoms with Crippen LogP contribution >= 0.6 is 0 Å². The Kier molecular flexibility index (Phi) is 4.96. The van der Waals surface area contributed by atoms with E-state index >= 15 is 0 Å². The van der Waals surface area contributed by atoms with Crippen molar-refractivity contribution in [3.05, 3.63) is 63.9 Å². The molecule has 0 bridgehead atoms. The smallest absolute Gasteiger partial charge is 0.336 e. The SMILES string of the molecule is Cc1cc(=O)oc2cc(O[C@H](C)C(=O)N/N=C\c3ccc([C@@H]4C[C@@H]4C)o3)ccc12. The van der Waals surface area contributed by atoms with E-state index < -0.39 is 17.6 Å². The van der Waals surface area contributed by atoms with Crippen molar-refractivity contribution in [1.29, 1.82) is 0 Å². The standard InChI is InChI=1S/C22H22N2O5/c1-12-8-18(12)19-7-5-16(28-19)11-23-24-22(26)14(3)27-15-4-6-17-13(2)9-21(25)29-20(17)10-15/h4-7,9-12,14,18H,8H2,1-3H3,(H,24,26)/b23-11-/t12-,14+,18+/m0/s1. The maximum atomic E-state index is 12.2. The van der Waals surface area contributed by atoms with Crippen molar-refractivity contribution in [2.45, 2.75) is 39.2 Å². The van der Waals surface area contributed by atoms with Crippen LogP contribution in [-0.2, 0) is 4.79 Å².